The molecule has 0 aromatic rings. The molecule has 0 spiro atoms. The van der Waals surface area contributed by atoms with Crippen LogP contribution in [-0.4, -0.2) is 35.5 Å². The molecule has 0 bridgehead atoms. The Morgan fingerprint density at radius 2 is 2.08 bits per heavy atom. The van der Waals surface area contributed by atoms with Gasteiger partial charge in [0.15, 0.2) is 0 Å². The lowest BCUT2D eigenvalue weighted by Gasteiger charge is -2.25. The van der Waals surface area contributed by atoms with Gasteiger partial charge < -0.3 is 10.2 Å². The van der Waals surface area contributed by atoms with E-state index in [9.17, 15) is 4.79 Å². The van der Waals surface area contributed by atoms with Gasteiger partial charge in [0.05, 0.1) is 0 Å². The first-order valence-corrected chi connectivity index (χ1v) is 4.92. The van der Waals surface area contributed by atoms with E-state index in [4.69, 9.17) is 0 Å². The third-order valence-corrected chi connectivity index (χ3v) is 2.27. The van der Waals surface area contributed by atoms with Crippen molar-refractivity contribution in [3.8, 4) is 0 Å². The molecule has 0 aromatic carbocycles. The molecule has 0 aromatic heterocycles. The Balaban J connectivity index is 2.38. The summed E-state index contributed by atoms with van der Waals surface area (Å²) in [6.07, 6.45) is 1.08. The number of nitrogens with zero attached hydrogens (tertiary/aromatic N) is 1. The van der Waals surface area contributed by atoms with Gasteiger partial charge in [-0.2, -0.15) is 0 Å². The van der Waals surface area contributed by atoms with Crippen molar-refractivity contribution in [2.75, 3.05) is 13.1 Å². The normalized spacial score (nSPS) is 23.7. The van der Waals surface area contributed by atoms with Gasteiger partial charge in [-0.1, -0.05) is 0 Å². The Labute approximate surface area is 80.5 Å². The van der Waals surface area contributed by atoms with Gasteiger partial charge in [0.1, 0.15) is 0 Å². The lowest BCUT2D eigenvalue weighted by atomic mass is 10.1. The van der Waals surface area contributed by atoms with Crippen LogP contribution in [0.5, 0.6) is 0 Å². The number of carbonyl (C=O) groups excluding carboxylic acids is 1. The molecule has 76 valence electrons. The molecule has 0 unspecified atom stereocenters. The zero-order valence-electron chi connectivity index (χ0n) is 9.05. The third kappa shape index (κ3) is 3.35. The number of hydrogen-bond donors (Lipinski definition) is 1. The molecule has 1 N–H and O–H groups in total. The molecule has 3 heteroatoms. The van der Waals surface area contributed by atoms with Crippen LogP contribution in [0.25, 0.3) is 0 Å². The van der Waals surface area contributed by atoms with Crippen LogP contribution in [0.3, 0.4) is 0 Å². The maximum absolute atomic E-state index is 11.1. The van der Waals surface area contributed by atoms with Crippen LogP contribution in [-0.2, 0) is 4.79 Å². The lowest BCUT2D eigenvalue weighted by molar-refractivity contribution is -0.127. The highest BCUT2D eigenvalue weighted by atomic mass is 16.2. The van der Waals surface area contributed by atoms with Crippen LogP contribution in [0.2, 0.25) is 0 Å². The summed E-state index contributed by atoms with van der Waals surface area (Å²) in [6.45, 7) is 9.88. The van der Waals surface area contributed by atoms with Gasteiger partial charge in [0, 0.05) is 31.6 Å². The number of carbonyl (C=O) groups is 1. The van der Waals surface area contributed by atoms with Gasteiger partial charge in [-0.15, -0.1) is 0 Å². The van der Waals surface area contributed by atoms with Crippen LogP contribution in [0.4, 0.5) is 0 Å². The first kappa shape index (κ1) is 10.5. The summed E-state index contributed by atoms with van der Waals surface area (Å²) in [5.74, 6) is 0.193. The van der Waals surface area contributed by atoms with E-state index in [0.29, 0.717) is 6.04 Å². The van der Waals surface area contributed by atoms with Gasteiger partial charge in [-0.3, -0.25) is 4.79 Å². The number of nitrogens with one attached hydrogen (secondary N) is 1. The Morgan fingerprint density at radius 1 is 1.46 bits per heavy atom. The molecule has 3 nitrogen and oxygen atoms in total. The molecule has 1 atom stereocenters. The summed E-state index contributed by atoms with van der Waals surface area (Å²) in [4.78, 5) is 13.0. The number of rotatable bonds is 1. The van der Waals surface area contributed by atoms with Crippen LogP contribution < -0.4 is 5.32 Å². The van der Waals surface area contributed by atoms with Gasteiger partial charge in [-0.25, -0.2) is 0 Å². The van der Waals surface area contributed by atoms with Gasteiger partial charge in [0.2, 0.25) is 5.91 Å². The fourth-order valence-electron chi connectivity index (χ4n) is 1.78. The fraction of sp³-hybridized carbons (Fsp3) is 0.900. The summed E-state index contributed by atoms with van der Waals surface area (Å²) in [5, 5.41) is 3.51. The highest BCUT2D eigenvalue weighted by molar-refractivity contribution is 5.73. The second-order valence-electron chi connectivity index (χ2n) is 4.84. The maximum Gasteiger partial charge on any atom is 0.219 e. The second-order valence-corrected chi connectivity index (χ2v) is 4.84. The zero-order chi connectivity index (χ0) is 10.1. The summed E-state index contributed by atoms with van der Waals surface area (Å²) >= 11 is 0. The lowest BCUT2D eigenvalue weighted by Crippen LogP contribution is -2.45. The highest BCUT2D eigenvalue weighted by Crippen LogP contribution is 2.12. The Bertz CT molecular complexity index is 196. The Morgan fingerprint density at radius 3 is 2.46 bits per heavy atom. The third-order valence-electron chi connectivity index (χ3n) is 2.27. The molecule has 1 aliphatic heterocycles. The van der Waals surface area contributed by atoms with Crippen molar-refractivity contribution in [1.82, 2.24) is 10.2 Å². The molecule has 0 radical (unpaired) electrons. The summed E-state index contributed by atoms with van der Waals surface area (Å²) in [7, 11) is 0. The van der Waals surface area contributed by atoms with Crippen molar-refractivity contribution in [2.24, 2.45) is 0 Å². The number of likely N-dealkylation sites (tertiary alicyclic amines) is 1. The van der Waals surface area contributed by atoms with Gasteiger partial charge in [0.25, 0.3) is 0 Å². The van der Waals surface area contributed by atoms with Crippen LogP contribution in [0.1, 0.15) is 34.1 Å². The topological polar surface area (TPSA) is 32.3 Å². The molecule has 1 aliphatic rings. The predicted octanol–water partition coefficient (Wildman–Crippen LogP) is 0.995. The second kappa shape index (κ2) is 3.66. The fourth-order valence-corrected chi connectivity index (χ4v) is 1.78. The minimum absolute atomic E-state index is 0.150. The van der Waals surface area contributed by atoms with E-state index in [1.54, 1.807) is 6.92 Å². The Hall–Kier alpha value is -0.570. The van der Waals surface area contributed by atoms with Crippen molar-refractivity contribution < 1.29 is 4.79 Å². The number of hydrogen-bond acceptors (Lipinski definition) is 2. The maximum atomic E-state index is 11.1. The molecule has 0 aliphatic carbocycles. The highest BCUT2D eigenvalue weighted by Gasteiger charge is 2.26. The van der Waals surface area contributed by atoms with E-state index in [2.05, 4.69) is 26.1 Å². The minimum atomic E-state index is 0.150. The van der Waals surface area contributed by atoms with E-state index in [1.165, 1.54) is 0 Å². The van der Waals surface area contributed by atoms with E-state index in [0.717, 1.165) is 19.5 Å². The van der Waals surface area contributed by atoms with Crippen molar-refractivity contribution in [2.45, 2.75) is 45.7 Å². The number of amides is 1. The van der Waals surface area contributed by atoms with E-state index < -0.39 is 0 Å². The Kier molecular flexibility index (Phi) is 2.96. The molecule has 13 heavy (non-hydrogen) atoms. The molecule has 0 saturated carbocycles. The van der Waals surface area contributed by atoms with Crippen LogP contribution in [0.15, 0.2) is 0 Å². The minimum Gasteiger partial charge on any atom is -0.341 e. The van der Waals surface area contributed by atoms with Crippen molar-refractivity contribution in [3.05, 3.63) is 0 Å². The zero-order valence-corrected chi connectivity index (χ0v) is 9.05. The first-order valence-electron chi connectivity index (χ1n) is 4.92. The van der Waals surface area contributed by atoms with Gasteiger partial charge >= 0.3 is 0 Å². The average Bonchev–Trinajstić information content (AvgIpc) is 2.31. The monoisotopic (exact) mass is 184 g/mol. The quantitative estimate of drug-likeness (QED) is 0.659. The smallest absolute Gasteiger partial charge is 0.219 e. The molecular weight excluding hydrogens is 164 g/mol. The molecular formula is C10H20N2O. The summed E-state index contributed by atoms with van der Waals surface area (Å²) in [6, 6.07) is 0.476. The standard InChI is InChI=1S/C10H20N2O/c1-8(13)12-6-5-9(7-12)11-10(2,3)4/h9,11H,5-7H2,1-4H3/t9-/m1/s1. The van der Waals surface area contributed by atoms with Crippen LogP contribution in [0, 0.1) is 0 Å². The van der Waals surface area contributed by atoms with E-state index in [-0.39, 0.29) is 11.4 Å². The molecule has 1 saturated heterocycles. The average molecular weight is 184 g/mol. The predicted molar refractivity (Wildman–Crippen MR) is 53.5 cm³/mol. The molecule has 1 amide bonds. The summed E-state index contributed by atoms with van der Waals surface area (Å²) in [5.41, 5.74) is 0.150. The molecule has 1 heterocycles. The van der Waals surface area contributed by atoms with E-state index in [1.807, 2.05) is 4.90 Å². The van der Waals surface area contributed by atoms with Crippen molar-refractivity contribution in [3.63, 3.8) is 0 Å². The van der Waals surface area contributed by atoms with Crippen molar-refractivity contribution >= 4 is 5.91 Å². The largest absolute Gasteiger partial charge is 0.341 e. The van der Waals surface area contributed by atoms with Crippen LogP contribution >= 0.6 is 0 Å². The summed E-state index contributed by atoms with van der Waals surface area (Å²) < 4.78 is 0. The SMILES string of the molecule is CC(=O)N1CC[C@@H](NC(C)(C)C)C1. The van der Waals surface area contributed by atoms with Crippen molar-refractivity contribution in [1.29, 1.82) is 0 Å². The van der Waals surface area contributed by atoms with Gasteiger partial charge in [-0.05, 0) is 27.2 Å². The molecule has 1 fully saturated rings. The molecule has 1 rings (SSSR count). The van der Waals surface area contributed by atoms with E-state index >= 15 is 0 Å². The first-order chi connectivity index (χ1) is 5.88.